The van der Waals surface area contributed by atoms with Crippen LogP contribution in [0.1, 0.15) is 31.9 Å². The van der Waals surface area contributed by atoms with E-state index in [1.165, 1.54) is 11.3 Å². The SMILES string of the molecule is CC(C)CNc1nnc(SC(C)c2nc(-c3ccncc3)no2)s1. The Morgan fingerprint density at radius 2 is 2.00 bits per heavy atom. The lowest BCUT2D eigenvalue weighted by atomic mass is 10.2. The molecule has 0 fully saturated rings. The average molecular weight is 362 g/mol. The van der Waals surface area contributed by atoms with E-state index in [1.807, 2.05) is 19.1 Å². The summed E-state index contributed by atoms with van der Waals surface area (Å²) in [6.07, 6.45) is 3.41. The van der Waals surface area contributed by atoms with E-state index in [9.17, 15) is 0 Å². The molecule has 0 radical (unpaired) electrons. The molecule has 9 heteroatoms. The summed E-state index contributed by atoms with van der Waals surface area (Å²) < 4.78 is 6.25. The Bertz CT molecular complexity index is 773. The number of nitrogens with one attached hydrogen (secondary N) is 1. The van der Waals surface area contributed by atoms with Gasteiger partial charge in [-0.3, -0.25) is 4.98 Å². The first-order chi connectivity index (χ1) is 11.6. The lowest BCUT2D eigenvalue weighted by molar-refractivity contribution is 0.381. The molecule has 3 aromatic heterocycles. The molecule has 3 rings (SSSR count). The first-order valence-corrected chi connectivity index (χ1v) is 9.29. The van der Waals surface area contributed by atoms with Crippen LogP contribution in [0.15, 0.2) is 33.4 Å². The molecule has 0 aromatic carbocycles. The zero-order valence-electron chi connectivity index (χ0n) is 13.6. The summed E-state index contributed by atoms with van der Waals surface area (Å²) in [6, 6.07) is 3.70. The molecular weight excluding hydrogens is 344 g/mol. The predicted octanol–water partition coefficient (Wildman–Crippen LogP) is 3.90. The van der Waals surface area contributed by atoms with Gasteiger partial charge in [-0.25, -0.2) is 0 Å². The van der Waals surface area contributed by atoms with Crippen LogP contribution in [0.2, 0.25) is 0 Å². The van der Waals surface area contributed by atoms with E-state index in [-0.39, 0.29) is 5.25 Å². The molecule has 0 aliphatic carbocycles. The lowest BCUT2D eigenvalue weighted by Gasteiger charge is -2.03. The van der Waals surface area contributed by atoms with E-state index < -0.39 is 0 Å². The van der Waals surface area contributed by atoms with Gasteiger partial charge in [0.2, 0.25) is 16.8 Å². The number of pyridine rings is 1. The van der Waals surface area contributed by atoms with E-state index in [0.717, 1.165) is 21.6 Å². The van der Waals surface area contributed by atoms with Crippen molar-refractivity contribution in [2.24, 2.45) is 5.92 Å². The molecule has 0 spiro atoms. The molecule has 126 valence electrons. The maximum atomic E-state index is 5.38. The minimum Gasteiger partial charge on any atom is -0.360 e. The standard InChI is InChI=1S/C15H18N6OS2/c1-9(2)8-17-14-19-20-15(24-14)23-10(3)13-18-12(21-22-13)11-4-6-16-7-5-11/h4-7,9-10H,8H2,1-3H3,(H,17,19). The van der Waals surface area contributed by atoms with Crippen LogP contribution in [0.4, 0.5) is 5.13 Å². The normalized spacial score (nSPS) is 12.5. The highest BCUT2D eigenvalue weighted by Crippen LogP contribution is 2.37. The van der Waals surface area contributed by atoms with Crippen molar-refractivity contribution in [2.45, 2.75) is 30.4 Å². The first kappa shape index (κ1) is 16.8. The van der Waals surface area contributed by atoms with Crippen LogP contribution < -0.4 is 5.32 Å². The Balaban J connectivity index is 1.63. The van der Waals surface area contributed by atoms with Gasteiger partial charge >= 0.3 is 0 Å². The molecule has 0 saturated heterocycles. The van der Waals surface area contributed by atoms with Gasteiger partial charge in [0, 0.05) is 24.5 Å². The Morgan fingerprint density at radius 3 is 2.75 bits per heavy atom. The van der Waals surface area contributed by atoms with Crippen LogP contribution in [0, 0.1) is 5.92 Å². The molecule has 24 heavy (non-hydrogen) atoms. The fraction of sp³-hybridized carbons (Fsp3) is 0.400. The highest BCUT2D eigenvalue weighted by Gasteiger charge is 2.18. The topological polar surface area (TPSA) is 89.6 Å². The Morgan fingerprint density at radius 1 is 1.21 bits per heavy atom. The summed E-state index contributed by atoms with van der Waals surface area (Å²) in [4.78, 5) is 8.44. The van der Waals surface area contributed by atoms with Crippen LogP contribution in [0.3, 0.4) is 0 Å². The van der Waals surface area contributed by atoms with Crippen molar-refractivity contribution >= 4 is 28.2 Å². The third kappa shape index (κ3) is 4.30. The van der Waals surface area contributed by atoms with E-state index in [1.54, 1.807) is 24.2 Å². The molecular formula is C15H18N6OS2. The molecule has 0 aliphatic rings. The van der Waals surface area contributed by atoms with Crippen LogP contribution in [-0.2, 0) is 0 Å². The third-order valence-electron chi connectivity index (χ3n) is 3.07. The van der Waals surface area contributed by atoms with Crippen LogP contribution in [0.5, 0.6) is 0 Å². The molecule has 7 nitrogen and oxygen atoms in total. The Kier molecular flexibility index (Phi) is 5.41. The van der Waals surface area contributed by atoms with Gasteiger partial charge in [-0.05, 0) is 25.0 Å². The molecule has 0 bridgehead atoms. The van der Waals surface area contributed by atoms with Gasteiger partial charge in [0.15, 0.2) is 4.34 Å². The maximum Gasteiger partial charge on any atom is 0.240 e. The summed E-state index contributed by atoms with van der Waals surface area (Å²) in [6.45, 7) is 7.20. The summed E-state index contributed by atoms with van der Waals surface area (Å²) in [5.41, 5.74) is 0.883. The van der Waals surface area contributed by atoms with Gasteiger partial charge in [0.25, 0.3) is 0 Å². The zero-order chi connectivity index (χ0) is 16.9. The summed E-state index contributed by atoms with van der Waals surface area (Å²) in [7, 11) is 0. The number of nitrogens with zero attached hydrogens (tertiary/aromatic N) is 5. The zero-order valence-corrected chi connectivity index (χ0v) is 15.3. The monoisotopic (exact) mass is 362 g/mol. The second-order valence-corrected chi connectivity index (χ2v) is 8.17. The summed E-state index contributed by atoms with van der Waals surface area (Å²) in [5, 5.41) is 16.5. The molecule has 0 saturated carbocycles. The highest BCUT2D eigenvalue weighted by molar-refractivity contribution is 8.01. The molecule has 0 aliphatic heterocycles. The van der Waals surface area contributed by atoms with E-state index in [2.05, 4.69) is 44.5 Å². The number of hydrogen-bond donors (Lipinski definition) is 1. The van der Waals surface area contributed by atoms with E-state index >= 15 is 0 Å². The van der Waals surface area contributed by atoms with Crippen LogP contribution in [-0.4, -0.2) is 31.9 Å². The van der Waals surface area contributed by atoms with Gasteiger partial charge in [-0.2, -0.15) is 4.98 Å². The van der Waals surface area contributed by atoms with Crippen molar-refractivity contribution < 1.29 is 4.52 Å². The largest absolute Gasteiger partial charge is 0.360 e. The molecule has 3 heterocycles. The number of rotatable bonds is 7. The lowest BCUT2D eigenvalue weighted by Crippen LogP contribution is -2.07. The third-order valence-corrected chi connectivity index (χ3v) is 5.13. The molecule has 1 unspecified atom stereocenters. The second-order valence-electron chi connectivity index (χ2n) is 5.60. The molecule has 1 atom stereocenters. The van der Waals surface area contributed by atoms with Gasteiger partial charge in [0.1, 0.15) is 0 Å². The number of hydrogen-bond acceptors (Lipinski definition) is 9. The smallest absolute Gasteiger partial charge is 0.240 e. The number of anilines is 1. The fourth-order valence-corrected chi connectivity index (χ4v) is 3.77. The van der Waals surface area contributed by atoms with Crippen molar-refractivity contribution in [1.29, 1.82) is 0 Å². The van der Waals surface area contributed by atoms with Gasteiger partial charge in [-0.1, -0.05) is 42.1 Å². The minimum absolute atomic E-state index is 0.000939. The van der Waals surface area contributed by atoms with Crippen molar-refractivity contribution in [3.8, 4) is 11.4 Å². The van der Waals surface area contributed by atoms with E-state index in [0.29, 0.717) is 17.6 Å². The minimum atomic E-state index is -0.000939. The van der Waals surface area contributed by atoms with E-state index in [4.69, 9.17) is 4.52 Å². The van der Waals surface area contributed by atoms with Gasteiger partial charge in [0.05, 0.1) is 5.25 Å². The van der Waals surface area contributed by atoms with Crippen molar-refractivity contribution in [2.75, 3.05) is 11.9 Å². The summed E-state index contributed by atoms with van der Waals surface area (Å²) >= 11 is 3.09. The van der Waals surface area contributed by atoms with Crippen LogP contribution >= 0.6 is 23.1 Å². The van der Waals surface area contributed by atoms with Crippen molar-refractivity contribution in [1.82, 2.24) is 25.3 Å². The Hall–Kier alpha value is -2.00. The summed E-state index contributed by atoms with van der Waals surface area (Å²) in [5.74, 6) is 1.70. The van der Waals surface area contributed by atoms with Crippen molar-refractivity contribution in [3.63, 3.8) is 0 Å². The van der Waals surface area contributed by atoms with Gasteiger partial charge < -0.3 is 9.84 Å². The van der Waals surface area contributed by atoms with Crippen LogP contribution in [0.25, 0.3) is 11.4 Å². The molecule has 0 amide bonds. The predicted molar refractivity (Wildman–Crippen MR) is 95.0 cm³/mol. The number of aromatic nitrogens is 5. The maximum absolute atomic E-state index is 5.38. The Labute approximate surface area is 148 Å². The van der Waals surface area contributed by atoms with Gasteiger partial charge in [-0.15, -0.1) is 10.2 Å². The van der Waals surface area contributed by atoms with Crippen molar-refractivity contribution in [3.05, 3.63) is 30.4 Å². The second kappa shape index (κ2) is 7.71. The fourth-order valence-electron chi connectivity index (χ4n) is 1.84. The average Bonchev–Trinajstić information content (AvgIpc) is 3.23. The highest BCUT2D eigenvalue weighted by atomic mass is 32.2. The molecule has 3 aromatic rings. The quantitative estimate of drug-likeness (QED) is 0.633. The number of thioether (sulfide) groups is 1. The molecule has 1 N–H and O–H groups in total. The first-order valence-electron chi connectivity index (χ1n) is 7.60.